The molecule has 1 aliphatic heterocycles. The summed E-state index contributed by atoms with van der Waals surface area (Å²) in [6, 6.07) is 11.9. The normalized spacial score (nSPS) is 16.9. The van der Waals surface area contributed by atoms with Crippen molar-refractivity contribution in [2.24, 2.45) is 0 Å². The lowest BCUT2D eigenvalue weighted by Gasteiger charge is -2.29. The van der Waals surface area contributed by atoms with Crippen molar-refractivity contribution in [1.29, 1.82) is 0 Å². The summed E-state index contributed by atoms with van der Waals surface area (Å²) in [5, 5.41) is 15.8. The number of hydrogen-bond donors (Lipinski definition) is 3. The van der Waals surface area contributed by atoms with E-state index in [1.54, 1.807) is 24.3 Å². The largest absolute Gasteiger partial charge is 0.508 e. The van der Waals surface area contributed by atoms with Crippen LogP contribution in [0.5, 0.6) is 5.75 Å². The Morgan fingerprint density at radius 1 is 1.20 bits per heavy atom. The van der Waals surface area contributed by atoms with E-state index in [4.69, 9.17) is 16.3 Å². The number of phenolic OH excluding ortho intramolecular Hbond substituents is 1. The highest BCUT2D eigenvalue weighted by Crippen LogP contribution is 2.36. The van der Waals surface area contributed by atoms with E-state index in [1.807, 2.05) is 6.07 Å². The first-order valence-electron chi connectivity index (χ1n) is 7.45. The van der Waals surface area contributed by atoms with E-state index in [0.717, 1.165) is 0 Å². The molecule has 0 bridgehead atoms. The number of amides is 2. The van der Waals surface area contributed by atoms with Crippen LogP contribution < -0.4 is 10.6 Å². The Morgan fingerprint density at radius 2 is 1.92 bits per heavy atom. The Kier molecular flexibility index (Phi) is 4.63. The van der Waals surface area contributed by atoms with Gasteiger partial charge in [0.1, 0.15) is 5.75 Å². The Balaban J connectivity index is 2.24. The molecule has 128 valence electrons. The molecule has 0 spiro atoms. The fourth-order valence-electron chi connectivity index (χ4n) is 2.72. The van der Waals surface area contributed by atoms with Gasteiger partial charge in [0.15, 0.2) is 0 Å². The quantitative estimate of drug-likeness (QED) is 0.736. The third-order valence-electron chi connectivity index (χ3n) is 3.84. The molecule has 3 N–H and O–H groups in total. The number of aromatic hydroxyl groups is 1. The third-order valence-corrected chi connectivity index (χ3v) is 4.08. The predicted octanol–water partition coefficient (Wildman–Crippen LogP) is 2.98. The van der Waals surface area contributed by atoms with Crippen molar-refractivity contribution in [2.75, 3.05) is 7.11 Å². The van der Waals surface area contributed by atoms with E-state index in [0.29, 0.717) is 21.8 Å². The third kappa shape index (κ3) is 3.29. The molecule has 1 heterocycles. The smallest absolute Gasteiger partial charge is 0.338 e. The minimum Gasteiger partial charge on any atom is -0.508 e. The summed E-state index contributed by atoms with van der Waals surface area (Å²) in [6.45, 7) is 0. The summed E-state index contributed by atoms with van der Waals surface area (Å²) in [5.41, 5.74) is 1.44. The van der Waals surface area contributed by atoms with Crippen LogP contribution in [-0.4, -0.2) is 24.2 Å². The standard InChI is InChI=1S/C18H15ClN2O4/c1-25-17(23)14-15(10-5-3-2-4-6-10)20-18(24)21-16(14)12-9-11(19)7-8-13(12)22/h2-9,16,22H,1H3,(H2,20,21,24). The number of esters is 1. The molecular weight excluding hydrogens is 344 g/mol. The van der Waals surface area contributed by atoms with Gasteiger partial charge in [0.05, 0.1) is 24.4 Å². The van der Waals surface area contributed by atoms with Gasteiger partial charge in [-0.15, -0.1) is 0 Å². The molecule has 3 rings (SSSR count). The summed E-state index contributed by atoms with van der Waals surface area (Å²) in [5.74, 6) is -0.721. The molecule has 0 aliphatic carbocycles. The summed E-state index contributed by atoms with van der Waals surface area (Å²) in [6.07, 6.45) is 0. The van der Waals surface area contributed by atoms with E-state index >= 15 is 0 Å². The van der Waals surface area contributed by atoms with E-state index < -0.39 is 18.0 Å². The monoisotopic (exact) mass is 358 g/mol. The average molecular weight is 359 g/mol. The van der Waals surface area contributed by atoms with Gasteiger partial charge in [0, 0.05) is 10.6 Å². The topological polar surface area (TPSA) is 87.7 Å². The van der Waals surface area contributed by atoms with Crippen LogP contribution in [-0.2, 0) is 9.53 Å². The maximum Gasteiger partial charge on any atom is 0.338 e. The number of rotatable bonds is 3. The zero-order chi connectivity index (χ0) is 18.0. The number of ether oxygens (including phenoxy) is 1. The van der Waals surface area contributed by atoms with Crippen LogP contribution in [0.1, 0.15) is 17.2 Å². The van der Waals surface area contributed by atoms with Gasteiger partial charge in [-0.2, -0.15) is 0 Å². The molecule has 1 aliphatic rings. The second-order valence-corrected chi connectivity index (χ2v) is 5.82. The molecule has 6 nitrogen and oxygen atoms in total. The number of methoxy groups -OCH3 is 1. The Hall–Kier alpha value is -2.99. The molecule has 2 aromatic rings. The average Bonchev–Trinajstić information content (AvgIpc) is 2.63. The first kappa shape index (κ1) is 16.9. The minimum atomic E-state index is -0.907. The summed E-state index contributed by atoms with van der Waals surface area (Å²) < 4.78 is 4.90. The number of phenols is 1. The summed E-state index contributed by atoms with van der Waals surface area (Å²) >= 11 is 6.02. The fourth-order valence-corrected chi connectivity index (χ4v) is 2.90. The zero-order valence-corrected chi connectivity index (χ0v) is 14.0. The van der Waals surface area contributed by atoms with E-state index in [1.165, 1.54) is 25.3 Å². The lowest BCUT2D eigenvalue weighted by molar-refractivity contribution is -0.136. The molecule has 0 fully saturated rings. The minimum absolute atomic E-state index is 0.0922. The Bertz CT molecular complexity index is 865. The van der Waals surface area contributed by atoms with Crippen LogP contribution in [0.25, 0.3) is 5.70 Å². The fraction of sp³-hybridized carbons (Fsp3) is 0.111. The molecule has 25 heavy (non-hydrogen) atoms. The molecule has 2 aromatic carbocycles. The van der Waals surface area contributed by atoms with Crippen LogP contribution in [0.4, 0.5) is 4.79 Å². The summed E-state index contributed by atoms with van der Waals surface area (Å²) in [4.78, 5) is 24.6. The van der Waals surface area contributed by atoms with Gasteiger partial charge >= 0.3 is 12.0 Å². The van der Waals surface area contributed by atoms with Gasteiger partial charge in [0.2, 0.25) is 0 Å². The lowest BCUT2D eigenvalue weighted by Crippen LogP contribution is -2.45. The molecule has 2 amide bonds. The number of halogens is 1. The van der Waals surface area contributed by atoms with Crippen LogP contribution in [0.15, 0.2) is 54.1 Å². The molecule has 0 aromatic heterocycles. The van der Waals surface area contributed by atoms with Gasteiger partial charge in [-0.05, 0) is 23.8 Å². The number of hydrogen-bond acceptors (Lipinski definition) is 4. The molecular formula is C18H15ClN2O4. The number of benzene rings is 2. The van der Waals surface area contributed by atoms with Gasteiger partial charge < -0.3 is 20.5 Å². The number of nitrogens with one attached hydrogen (secondary N) is 2. The van der Waals surface area contributed by atoms with E-state index in [2.05, 4.69) is 10.6 Å². The zero-order valence-electron chi connectivity index (χ0n) is 13.2. The van der Waals surface area contributed by atoms with Gasteiger partial charge in [-0.25, -0.2) is 9.59 Å². The second kappa shape index (κ2) is 6.86. The number of urea groups is 1. The van der Waals surface area contributed by atoms with Gasteiger partial charge in [0.25, 0.3) is 0 Å². The number of carbonyl (C=O) groups excluding carboxylic acids is 2. The molecule has 0 saturated heterocycles. The van der Waals surface area contributed by atoms with Gasteiger partial charge in [-0.3, -0.25) is 0 Å². The Morgan fingerprint density at radius 3 is 2.60 bits per heavy atom. The first-order chi connectivity index (χ1) is 12.0. The van der Waals surface area contributed by atoms with Crippen LogP contribution >= 0.6 is 11.6 Å². The van der Waals surface area contributed by atoms with Crippen molar-refractivity contribution in [3.05, 3.63) is 70.3 Å². The van der Waals surface area contributed by atoms with Crippen molar-refractivity contribution in [3.8, 4) is 5.75 Å². The van der Waals surface area contributed by atoms with Crippen LogP contribution in [0.3, 0.4) is 0 Å². The highest BCUT2D eigenvalue weighted by Gasteiger charge is 2.35. The molecule has 1 unspecified atom stereocenters. The van der Waals surface area contributed by atoms with Crippen LogP contribution in [0.2, 0.25) is 5.02 Å². The van der Waals surface area contributed by atoms with E-state index in [9.17, 15) is 14.7 Å². The molecule has 7 heteroatoms. The Labute approximate surface area is 149 Å². The molecule has 0 saturated carbocycles. The van der Waals surface area contributed by atoms with E-state index in [-0.39, 0.29) is 11.3 Å². The SMILES string of the molecule is COC(=O)C1=C(c2ccccc2)NC(=O)NC1c1cc(Cl)ccc1O. The van der Waals surface area contributed by atoms with Crippen molar-refractivity contribution in [1.82, 2.24) is 10.6 Å². The van der Waals surface area contributed by atoms with Crippen LogP contribution in [0, 0.1) is 0 Å². The molecule has 1 atom stereocenters. The van der Waals surface area contributed by atoms with Crippen molar-refractivity contribution in [2.45, 2.75) is 6.04 Å². The number of carbonyl (C=O) groups is 2. The van der Waals surface area contributed by atoms with Gasteiger partial charge in [-0.1, -0.05) is 41.9 Å². The highest BCUT2D eigenvalue weighted by atomic mass is 35.5. The van der Waals surface area contributed by atoms with Crippen molar-refractivity contribution < 1.29 is 19.4 Å². The lowest BCUT2D eigenvalue weighted by atomic mass is 9.92. The highest BCUT2D eigenvalue weighted by molar-refractivity contribution is 6.30. The maximum atomic E-state index is 12.5. The predicted molar refractivity (Wildman–Crippen MR) is 92.9 cm³/mol. The van der Waals surface area contributed by atoms with Crippen molar-refractivity contribution >= 4 is 29.3 Å². The second-order valence-electron chi connectivity index (χ2n) is 5.38. The summed E-state index contributed by atoms with van der Waals surface area (Å²) in [7, 11) is 1.25. The molecule has 0 radical (unpaired) electrons. The first-order valence-corrected chi connectivity index (χ1v) is 7.83. The maximum absolute atomic E-state index is 12.5. The van der Waals surface area contributed by atoms with Crippen molar-refractivity contribution in [3.63, 3.8) is 0 Å².